The van der Waals surface area contributed by atoms with Crippen LogP contribution in [0.3, 0.4) is 0 Å². The van der Waals surface area contributed by atoms with Crippen molar-refractivity contribution in [2.24, 2.45) is 11.8 Å². The van der Waals surface area contributed by atoms with Crippen molar-refractivity contribution in [3.05, 3.63) is 0 Å². The van der Waals surface area contributed by atoms with Crippen molar-refractivity contribution in [3.8, 4) is 0 Å². The van der Waals surface area contributed by atoms with Crippen molar-refractivity contribution >= 4 is 0 Å². The first-order valence-corrected chi connectivity index (χ1v) is 7.24. The summed E-state index contributed by atoms with van der Waals surface area (Å²) in [5, 5.41) is 3.55. The fourth-order valence-electron chi connectivity index (χ4n) is 3.82. The molecule has 0 aliphatic carbocycles. The highest BCUT2D eigenvalue weighted by Gasteiger charge is 2.43. The van der Waals surface area contributed by atoms with Gasteiger partial charge in [0.15, 0.2) is 0 Å². The van der Waals surface area contributed by atoms with Gasteiger partial charge in [-0.05, 0) is 44.7 Å². The number of nitrogens with zero attached hydrogens (tertiary/aromatic N) is 1. The van der Waals surface area contributed by atoms with Crippen LogP contribution in [0.25, 0.3) is 0 Å². The molecule has 2 aliphatic heterocycles. The number of likely N-dealkylation sites (tertiary alicyclic amines) is 1. The van der Waals surface area contributed by atoms with Crippen molar-refractivity contribution in [1.29, 1.82) is 0 Å². The van der Waals surface area contributed by atoms with E-state index in [0.717, 1.165) is 23.9 Å². The van der Waals surface area contributed by atoms with Crippen molar-refractivity contribution in [3.63, 3.8) is 0 Å². The van der Waals surface area contributed by atoms with E-state index in [-0.39, 0.29) is 0 Å². The number of fused-ring (bicyclic) bond motifs is 1. The van der Waals surface area contributed by atoms with Crippen LogP contribution in [0, 0.1) is 11.8 Å². The smallest absolute Gasteiger partial charge is 0.0114 e. The molecule has 3 atom stereocenters. The number of hydrogen-bond acceptors (Lipinski definition) is 2. The molecule has 0 saturated carbocycles. The van der Waals surface area contributed by atoms with Gasteiger partial charge < -0.3 is 5.32 Å². The van der Waals surface area contributed by atoms with Crippen LogP contribution in [0.1, 0.15) is 46.5 Å². The molecule has 16 heavy (non-hydrogen) atoms. The maximum atomic E-state index is 3.55. The monoisotopic (exact) mass is 224 g/mol. The van der Waals surface area contributed by atoms with Gasteiger partial charge in [0.2, 0.25) is 0 Å². The van der Waals surface area contributed by atoms with E-state index in [9.17, 15) is 0 Å². The summed E-state index contributed by atoms with van der Waals surface area (Å²) < 4.78 is 0. The van der Waals surface area contributed by atoms with Crippen LogP contribution >= 0.6 is 0 Å². The highest BCUT2D eigenvalue weighted by Crippen LogP contribution is 2.35. The quantitative estimate of drug-likeness (QED) is 0.772. The van der Waals surface area contributed by atoms with Crippen LogP contribution < -0.4 is 5.32 Å². The Morgan fingerprint density at radius 1 is 1.19 bits per heavy atom. The van der Waals surface area contributed by atoms with E-state index in [2.05, 4.69) is 31.0 Å². The summed E-state index contributed by atoms with van der Waals surface area (Å²) in [6.07, 6.45) is 5.46. The zero-order chi connectivity index (χ0) is 11.5. The Labute approximate surface area is 101 Å². The Bertz CT molecular complexity index is 211. The molecule has 2 saturated heterocycles. The number of nitrogens with one attached hydrogen (secondary N) is 1. The topological polar surface area (TPSA) is 15.3 Å². The molecule has 0 aromatic heterocycles. The van der Waals surface area contributed by atoms with Crippen LogP contribution in [-0.2, 0) is 0 Å². The van der Waals surface area contributed by atoms with Crippen molar-refractivity contribution in [1.82, 2.24) is 10.2 Å². The lowest BCUT2D eigenvalue weighted by Crippen LogP contribution is -2.41. The summed E-state index contributed by atoms with van der Waals surface area (Å²) >= 11 is 0. The summed E-state index contributed by atoms with van der Waals surface area (Å²) in [6, 6.07) is 1.67. The fourth-order valence-corrected chi connectivity index (χ4v) is 3.82. The van der Waals surface area contributed by atoms with Crippen LogP contribution in [-0.4, -0.2) is 36.6 Å². The molecular weight excluding hydrogens is 196 g/mol. The van der Waals surface area contributed by atoms with E-state index >= 15 is 0 Å². The minimum absolute atomic E-state index is 0.808. The highest BCUT2D eigenvalue weighted by atomic mass is 15.2. The highest BCUT2D eigenvalue weighted by molar-refractivity contribution is 4.98. The second-order valence-electron chi connectivity index (χ2n) is 5.75. The van der Waals surface area contributed by atoms with Gasteiger partial charge in [-0.3, -0.25) is 4.90 Å². The molecule has 1 N–H and O–H groups in total. The molecule has 2 fully saturated rings. The molecule has 2 aliphatic rings. The minimum atomic E-state index is 0.808. The summed E-state index contributed by atoms with van der Waals surface area (Å²) in [7, 11) is 0. The van der Waals surface area contributed by atoms with E-state index in [0.29, 0.717) is 0 Å². The van der Waals surface area contributed by atoms with Crippen LogP contribution in [0.4, 0.5) is 0 Å². The lowest BCUT2D eigenvalue weighted by Gasteiger charge is -2.33. The van der Waals surface area contributed by atoms with E-state index < -0.39 is 0 Å². The van der Waals surface area contributed by atoms with Crippen molar-refractivity contribution < 1.29 is 0 Å². The van der Waals surface area contributed by atoms with Gasteiger partial charge in [-0.2, -0.15) is 0 Å². The zero-order valence-corrected chi connectivity index (χ0v) is 11.2. The molecular formula is C14H28N2. The van der Waals surface area contributed by atoms with Gasteiger partial charge in [0, 0.05) is 18.6 Å². The van der Waals surface area contributed by atoms with Crippen LogP contribution in [0.15, 0.2) is 0 Å². The van der Waals surface area contributed by atoms with E-state index in [1.807, 2.05) is 0 Å². The zero-order valence-electron chi connectivity index (χ0n) is 11.2. The number of hydrogen-bond donors (Lipinski definition) is 1. The van der Waals surface area contributed by atoms with Gasteiger partial charge in [-0.15, -0.1) is 0 Å². The Morgan fingerprint density at radius 3 is 2.44 bits per heavy atom. The SMILES string of the molecule is CCCC(CCC)N1CC2CNCC2C1C. The molecule has 0 spiro atoms. The molecule has 0 bridgehead atoms. The van der Waals surface area contributed by atoms with Gasteiger partial charge in [0.25, 0.3) is 0 Å². The molecule has 2 rings (SSSR count). The first kappa shape index (κ1) is 12.4. The maximum Gasteiger partial charge on any atom is 0.0114 e. The average Bonchev–Trinajstić information content (AvgIpc) is 2.82. The first-order valence-electron chi connectivity index (χ1n) is 7.24. The second kappa shape index (κ2) is 5.50. The predicted molar refractivity (Wildman–Crippen MR) is 69.6 cm³/mol. The Morgan fingerprint density at radius 2 is 1.88 bits per heavy atom. The van der Waals surface area contributed by atoms with Gasteiger partial charge in [-0.25, -0.2) is 0 Å². The maximum absolute atomic E-state index is 3.55. The Balaban J connectivity index is 1.97. The fraction of sp³-hybridized carbons (Fsp3) is 1.00. The third-order valence-corrected chi connectivity index (χ3v) is 4.69. The normalized spacial score (nSPS) is 34.9. The molecule has 2 heterocycles. The molecule has 94 valence electrons. The third kappa shape index (κ3) is 2.28. The molecule has 0 aromatic rings. The van der Waals surface area contributed by atoms with Gasteiger partial charge in [0.05, 0.1) is 0 Å². The summed E-state index contributed by atoms with van der Waals surface area (Å²) in [6.45, 7) is 11.0. The Hall–Kier alpha value is -0.0800. The molecule has 3 unspecified atom stereocenters. The lowest BCUT2D eigenvalue weighted by atomic mass is 9.95. The molecule has 0 radical (unpaired) electrons. The Kier molecular flexibility index (Phi) is 4.26. The molecule has 0 aromatic carbocycles. The van der Waals surface area contributed by atoms with Crippen molar-refractivity contribution in [2.75, 3.05) is 19.6 Å². The van der Waals surface area contributed by atoms with Gasteiger partial charge in [-0.1, -0.05) is 26.7 Å². The largest absolute Gasteiger partial charge is 0.316 e. The first-order chi connectivity index (χ1) is 7.77. The summed E-state index contributed by atoms with van der Waals surface area (Å²) in [4.78, 5) is 2.82. The van der Waals surface area contributed by atoms with Crippen molar-refractivity contribution in [2.45, 2.75) is 58.5 Å². The van der Waals surface area contributed by atoms with Crippen LogP contribution in [0.2, 0.25) is 0 Å². The molecule has 0 amide bonds. The second-order valence-corrected chi connectivity index (χ2v) is 5.75. The van der Waals surface area contributed by atoms with E-state index in [4.69, 9.17) is 0 Å². The van der Waals surface area contributed by atoms with Crippen LogP contribution in [0.5, 0.6) is 0 Å². The lowest BCUT2D eigenvalue weighted by molar-refractivity contribution is 0.151. The average molecular weight is 224 g/mol. The van der Waals surface area contributed by atoms with E-state index in [1.165, 1.54) is 45.3 Å². The van der Waals surface area contributed by atoms with Gasteiger partial charge >= 0.3 is 0 Å². The standard InChI is InChI=1S/C14H28N2/c1-4-6-13(7-5-2)16-10-12-8-15-9-14(12)11(16)3/h11-15H,4-10H2,1-3H3. The third-order valence-electron chi connectivity index (χ3n) is 4.69. The molecule has 2 heteroatoms. The minimum Gasteiger partial charge on any atom is -0.316 e. The van der Waals surface area contributed by atoms with Gasteiger partial charge in [0.1, 0.15) is 0 Å². The summed E-state index contributed by atoms with van der Waals surface area (Å²) in [5.41, 5.74) is 0. The predicted octanol–water partition coefficient (Wildman–Crippen LogP) is 2.49. The molecule has 2 nitrogen and oxygen atoms in total. The summed E-state index contributed by atoms with van der Waals surface area (Å²) in [5.74, 6) is 1.86. The number of rotatable bonds is 5. The van der Waals surface area contributed by atoms with E-state index in [1.54, 1.807) is 0 Å².